The van der Waals surface area contributed by atoms with Crippen molar-refractivity contribution in [1.29, 1.82) is 0 Å². The molecule has 0 aliphatic carbocycles. The van der Waals surface area contributed by atoms with Gasteiger partial charge >= 0.3 is 5.97 Å². The summed E-state index contributed by atoms with van der Waals surface area (Å²) in [5.74, 6) is -1.05. The predicted molar refractivity (Wildman–Crippen MR) is 80.8 cm³/mol. The van der Waals surface area contributed by atoms with Crippen LogP contribution in [0.1, 0.15) is 23.2 Å². The van der Waals surface area contributed by atoms with Crippen molar-refractivity contribution < 1.29 is 19.4 Å². The molecule has 2 N–H and O–H groups in total. The van der Waals surface area contributed by atoms with Crippen LogP contribution in [0.2, 0.25) is 0 Å². The molecule has 0 spiro atoms. The SMILES string of the molecule is COC1CC(CC(=O)O)N(C(=O)c2ccc3cc[nH]c3c2)C1. The number of aromatic nitrogens is 1. The lowest BCUT2D eigenvalue weighted by molar-refractivity contribution is -0.137. The van der Waals surface area contributed by atoms with Crippen molar-refractivity contribution in [3.63, 3.8) is 0 Å². The Hall–Kier alpha value is -2.34. The molecule has 22 heavy (non-hydrogen) atoms. The molecule has 6 nitrogen and oxygen atoms in total. The van der Waals surface area contributed by atoms with Crippen LogP contribution in [0.3, 0.4) is 0 Å². The van der Waals surface area contributed by atoms with E-state index >= 15 is 0 Å². The van der Waals surface area contributed by atoms with Gasteiger partial charge in [-0.2, -0.15) is 0 Å². The molecule has 0 bridgehead atoms. The van der Waals surface area contributed by atoms with Crippen molar-refractivity contribution in [2.45, 2.75) is 25.0 Å². The average molecular weight is 302 g/mol. The lowest BCUT2D eigenvalue weighted by Crippen LogP contribution is -2.37. The maximum atomic E-state index is 12.7. The minimum absolute atomic E-state index is 0.0592. The average Bonchev–Trinajstić information content (AvgIpc) is 3.11. The molecule has 2 atom stereocenters. The third kappa shape index (κ3) is 2.69. The Bertz CT molecular complexity index is 709. The summed E-state index contributed by atoms with van der Waals surface area (Å²) in [7, 11) is 1.58. The van der Waals surface area contributed by atoms with E-state index in [1.807, 2.05) is 18.3 Å². The standard InChI is InChI=1S/C16H18N2O4/c1-22-13-7-12(8-15(19)20)18(9-13)16(21)11-3-2-10-4-5-17-14(10)6-11/h2-6,12-13,17H,7-9H2,1H3,(H,19,20). The molecule has 2 aromatic rings. The van der Waals surface area contributed by atoms with E-state index < -0.39 is 5.97 Å². The maximum Gasteiger partial charge on any atom is 0.305 e. The number of nitrogens with one attached hydrogen (secondary N) is 1. The highest BCUT2D eigenvalue weighted by molar-refractivity contribution is 5.98. The van der Waals surface area contributed by atoms with Gasteiger partial charge in [-0.3, -0.25) is 9.59 Å². The number of benzene rings is 1. The largest absolute Gasteiger partial charge is 0.481 e. The van der Waals surface area contributed by atoms with Crippen molar-refractivity contribution in [3.8, 4) is 0 Å². The lowest BCUT2D eigenvalue weighted by atomic mass is 10.1. The third-order valence-corrected chi connectivity index (χ3v) is 4.18. The number of aliphatic carboxylic acids is 1. The van der Waals surface area contributed by atoms with Crippen LogP contribution in [0.15, 0.2) is 30.5 Å². The minimum atomic E-state index is -0.903. The van der Waals surface area contributed by atoms with E-state index in [1.165, 1.54) is 0 Å². The second-order valence-electron chi connectivity index (χ2n) is 5.58. The Balaban J connectivity index is 1.86. The first kappa shape index (κ1) is 14.6. The molecule has 2 heterocycles. The molecule has 3 rings (SSSR count). The van der Waals surface area contributed by atoms with Crippen molar-refractivity contribution in [2.75, 3.05) is 13.7 Å². The number of likely N-dealkylation sites (tertiary alicyclic amines) is 1. The number of hydrogen-bond acceptors (Lipinski definition) is 3. The fraction of sp³-hybridized carbons (Fsp3) is 0.375. The Morgan fingerprint density at radius 3 is 2.95 bits per heavy atom. The van der Waals surface area contributed by atoms with Gasteiger partial charge < -0.3 is 19.7 Å². The monoisotopic (exact) mass is 302 g/mol. The summed E-state index contributed by atoms with van der Waals surface area (Å²) in [4.78, 5) is 28.4. The van der Waals surface area contributed by atoms with Gasteiger partial charge in [0.15, 0.2) is 0 Å². The van der Waals surface area contributed by atoms with Crippen LogP contribution in [0, 0.1) is 0 Å². The van der Waals surface area contributed by atoms with Crippen LogP contribution in [0.4, 0.5) is 0 Å². The van der Waals surface area contributed by atoms with Crippen molar-refractivity contribution in [1.82, 2.24) is 9.88 Å². The van der Waals surface area contributed by atoms with Crippen molar-refractivity contribution in [2.24, 2.45) is 0 Å². The number of hydrogen-bond donors (Lipinski definition) is 2. The van der Waals surface area contributed by atoms with Gasteiger partial charge in [-0.05, 0) is 30.0 Å². The van der Waals surface area contributed by atoms with Gasteiger partial charge in [0.1, 0.15) is 0 Å². The van der Waals surface area contributed by atoms with Gasteiger partial charge in [-0.25, -0.2) is 0 Å². The number of H-pyrrole nitrogens is 1. The van der Waals surface area contributed by atoms with E-state index in [-0.39, 0.29) is 24.5 Å². The Morgan fingerprint density at radius 2 is 2.23 bits per heavy atom. The van der Waals surface area contributed by atoms with Gasteiger partial charge in [-0.1, -0.05) is 6.07 Å². The predicted octanol–water partition coefficient (Wildman–Crippen LogP) is 1.87. The smallest absolute Gasteiger partial charge is 0.305 e. The highest BCUT2D eigenvalue weighted by atomic mass is 16.5. The number of rotatable bonds is 4. The molecule has 6 heteroatoms. The van der Waals surface area contributed by atoms with E-state index in [1.54, 1.807) is 24.1 Å². The number of carbonyl (C=O) groups is 2. The first-order valence-corrected chi connectivity index (χ1v) is 7.21. The Kier molecular flexibility index (Phi) is 3.85. The van der Waals surface area contributed by atoms with Crippen LogP contribution >= 0.6 is 0 Å². The number of ether oxygens (including phenoxy) is 1. The highest BCUT2D eigenvalue weighted by Gasteiger charge is 2.36. The summed E-state index contributed by atoms with van der Waals surface area (Å²) in [6.07, 6.45) is 2.21. The van der Waals surface area contributed by atoms with E-state index in [2.05, 4.69) is 4.98 Å². The molecule has 1 aliphatic rings. The number of amides is 1. The summed E-state index contributed by atoms with van der Waals surface area (Å²) in [5, 5.41) is 10.1. The fourth-order valence-electron chi connectivity index (χ4n) is 3.03. The van der Waals surface area contributed by atoms with E-state index in [9.17, 15) is 9.59 Å². The van der Waals surface area contributed by atoms with Gasteiger partial charge in [0.05, 0.1) is 12.5 Å². The first-order valence-electron chi connectivity index (χ1n) is 7.21. The summed E-state index contributed by atoms with van der Waals surface area (Å²) in [6, 6.07) is 7.07. The Labute approximate surface area is 127 Å². The highest BCUT2D eigenvalue weighted by Crippen LogP contribution is 2.25. The topological polar surface area (TPSA) is 82.6 Å². The number of fused-ring (bicyclic) bond motifs is 1. The number of nitrogens with zero attached hydrogens (tertiary/aromatic N) is 1. The molecule has 1 aliphatic heterocycles. The molecule has 0 radical (unpaired) electrons. The van der Waals surface area contributed by atoms with Gasteiger partial charge in [0.25, 0.3) is 5.91 Å². The number of methoxy groups -OCH3 is 1. The summed E-state index contributed by atoms with van der Waals surface area (Å²) < 4.78 is 5.30. The number of carbonyl (C=O) groups excluding carboxylic acids is 1. The maximum absolute atomic E-state index is 12.7. The third-order valence-electron chi connectivity index (χ3n) is 4.18. The second-order valence-corrected chi connectivity index (χ2v) is 5.58. The van der Waals surface area contributed by atoms with Crippen LogP contribution in [0.5, 0.6) is 0 Å². The summed E-state index contributed by atoms with van der Waals surface area (Å²) >= 11 is 0. The van der Waals surface area contributed by atoms with E-state index in [0.29, 0.717) is 18.5 Å². The van der Waals surface area contributed by atoms with Crippen LogP contribution < -0.4 is 0 Å². The van der Waals surface area contributed by atoms with E-state index in [4.69, 9.17) is 9.84 Å². The molecule has 116 valence electrons. The second kappa shape index (κ2) is 5.81. The molecule has 1 saturated heterocycles. The molecule has 1 aromatic carbocycles. The Morgan fingerprint density at radius 1 is 1.41 bits per heavy atom. The summed E-state index contributed by atoms with van der Waals surface area (Å²) in [5.41, 5.74) is 1.45. The molecule has 2 unspecified atom stereocenters. The zero-order valence-corrected chi connectivity index (χ0v) is 12.3. The molecular formula is C16H18N2O4. The van der Waals surface area contributed by atoms with Crippen LogP contribution in [-0.4, -0.2) is 52.7 Å². The zero-order valence-electron chi connectivity index (χ0n) is 12.3. The number of aromatic amines is 1. The van der Waals surface area contributed by atoms with Crippen molar-refractivity contribution in [3.05, 3.63) is 36.0 Å². The molecule has 0 saturated carbocycles. The lowest BCUT2D eigenvalue weighted by Gasteiger charge is -2.23. The first-order chi connectivity index (χ1) is 10.6. The van der Waals surface area contributed by atoms with Gasteiger partial charge in [0, 0.05) is 37.0 Å². The zero-order chi connectivity index (χ0) is 15.7. The number of carboxylic acids is 1. The fourth-order valence-corrected chi connectivity index (χ4v) is 3.03. The number of carboxylic acid groups (broad SMARTS) is 1. The van der Waals surface area contributed by atoms with Gasteiger partial charge in [-0.15, -0.1) is 0 Å². The van der Waals surface area contributed by atoms with Gasteiger partial charge in [0.2, 0.25) is 0 Å². The molecule has 1 aromatic heterocycles. The summed E-state index contributed by atoms with van der Waals surface area (Å²) in [6.45, 7) is 0.427. The normalized spacial score (nSPS) is 21.4. The van der Waals surface area contributed by atoms with Crippen LogP contribution in [0.25, 0.3) is 10.9 Å². The van der Waals surface area contributed by atoms with Crippen molar-refractivity contribution >= 4 is 22.8 Å². The molecular weight excluding hydrogens is 284 g/mol. The van der Waals surface area contributed by atoms with Crippen LogP contribution in [-0.2, 0) is 9.53 Å². The van der Waals surface area contributed by atoms with E-state index in [0.717, 1.165) is 10.9 Å². The quantitative estimate of drug-likeness (QED) is 0.903. The minimum Gasteiger partial charge on any atom is -0.481 e. The molecule has 1 fully saturated rings. The molecule has 1 amide bonds.